The Morgan fingerprint density at radius 2 is 2.20 bits per heavy atom. The molecule has 0 saturated heterocycles. The first-order valence-electron chi connectivity index (χ1n) is 7.63. The first kappa shape index (κ1) is 17.1. The summed E-state index contributed by atoms with van der Waals surface area (Å²) < 4.78 is 15.1. The van der Waals surface area contributed by atoms with Crippen LogP contribution in [0.4, 0.5) is 4.39 Å². The summed E-state index contributed by atoms with van der Waals surface area (Å²) >= 11 is 1.23. The maximum Gasteiger partial charge on any atom is 0.231 e. The lowest BCUT2D eigenvalue weighted by Gasteiger charge is -2.32. The molecule has 2 aromatic heterocycles. The van der Waals surface area contributed by atoms with Crippen molar-refractivity contribution in [1.82, 2.24) is 9.88 Å². The molecular formula is C18H17FN4OS. The van der Waals surface area contributed by atoms with E-state index < -0.39 is 11.4 Å². The first-order valence-corrected chi connectivity index (χ1v) is 8.51. The Morgan fingerprint density at radius 3 is 2.88 bits per heavy atom. The number of aromatic nitrogens is 1. The highest BCUT2D eigenvalue weighted by atomic mass is 32.1. The highest BCUT2D eigenvalue weighted by molar-refractivity contribution is 7.10. The van der Waals surface area contributed by atoms with Gasteiger partial charge in [-0.05, 0) is 19.9 Å². The standard InChI is InChI=1S/C18H17FN4OS/c1-4-5-11-6-12(9-21-8-11)13-10-25-16(15(13)19)18(2)7-14(24)23(3)17(20)22-18/h6,8-10H,7H2,1-3H3,(H2,20,22)/t18-/m0/s1. The number of carbonyl (C=O) groups excluding carboxylic acids is 1. The van der Waals surface area contributed by atoms with E-state index in [0.29, 0.717) is 16.0 Å². The Bertz CT molecular complexity index is 940. The molecule has 7 heteroatoms. The molecule has 0 radical (unpaired) electrons. The lowest BCUT2D eigenvalue weighted by molar-refractivity contribution is -0.128. The molecule has 0 unspecified atom stereocenters. The Hall–Kier alpha value is -2.72. The normalized spacial score (nSPS) is 20.1. The minimum absolute atomic E-state index is 0.0701. The number of aliphatic imine (C=N–C) groups is 1. The van der Waals surface area contributed by atoms with Crippen LogP contribution >= 0.6 is 11.3 Å². The summed E-state index contributed by atoms with van der Waals surface area (Å²) in [6, 6.07) is 1.79. The van der Waals surface area contributed by atoms with E-state index >= 15 is 4.39 Å². The summed E-state index contributed by atoms with van der Waals surface area (Å²) in [6.45, 7) is 3.46. The third-order valence-electron chi connectivity index (χ3n) is 4.11. The van der Waals surface area contributed by atoms with Crippen LogP contribution in [0.15, 0.2) is 28.8 Å². The van der Waals surface area contributed by atoms with Crippen LogP contribution in [0.2, 0.25) is 0 Å². The Labute approximate surface area is 149 Å². The number of rotatable bonds is 2. The van der Waals surface area contributed by atoms with Crippen molar-refractivity contribution in [3.63, 3.8) is 0 Å². The number of hydrogen-bond acceptors (Lipinski definition) is 5. The number of amides is 1. The van der Waals surface area contributed by atoms with Crippen molar-refractivity contribution in [2.45, 2.75) is 25.8 Å². The van der Waals surface area contributed by atoms with Gasteiger partial charge in [0.2, 0.25) is 5.91 Å². The van der Waals surface area contributed by atoms with E-state index in [4.69, 9.17) is 5.73 Å². The van der Waals surface area contributed by atoms with Crippen molar-refractivity contribution in [3.05, 3.63) is 40.1 Å². The van der Waals surface area contributed by atoms with Crippen LogP contribution in [-0.2, 0) is 10.3 Å². The number of hydrogen-bond donors (Lipinski definition) is 1. The molecule has 2 aromatic rings. The van der Waals surface area contributed by atoms with Gasteiger partial charge in [-0.1, -0.05) is 5.92 Å². The van der Waals surface area contributed by atoms with Gasteiger partial charge in [-0.25, -0.2) is 9.38 Å². The van der Waals surface area contributed by atoms with Crippen LogP contribution < -0.4 is 5.73 Å². The van der Waals surface area contributed by atoms with Crippen LogP contribution in [0.1, 0.15) is 30.7 Å². The Balaban J connectivity index is 2.06. The zero-order valence-electron chi connectivity index (χ0n) is 14.1. The summed E-state index contributed by atoms with van der Waals surface area (Å²) in [5.74, 6) is 5.22. The molecule has 1 aliphatic rings. The second-order valence-corrected chi connectivity index (χ2v) is 6.88. The molecule has 3 rings (SSSR count). The quantitative estimate of drug-likeness (QED) is 0.841. The Morgan fingerprint density at radius 1 is 1.44 bits per heavy atom. The first-order chi connectivity index (χ1) is 11.9. The second-order valence-electron chi connectivity index (χ2n) is 6.00. The van der Waals surface area contributed by atoms with Crippen molar-refractivity contribution < 1.29 is 9.18 Å². The van der Waals surface area contributed by atoms with Crippen LogP contribution in [0, 0.1) is 17.7 Å². The van der Waals surface area contributed by atoms with Gasteiger partial charge in [-0.3, -0.25) is 14.7 Å². The number of pyridine rings is 1. The minimum atomic E-state index is -1.01. The number of halogens is 1. The van der Waals surface area contributed by atoms with Crippen molar-refractivity contribution in [2.75, 3.05) is 7.05 Å². The molecule has 25 heavy (non-hydrogen) atoms. The van der Waals surface area contributed by atoms with Crippen molar-refractivity contribution in [1.29, 1.82) is 0 Å². The molecule has 3 heterocycles. The van der Waals surface area contributed by atoms with E-state index in [9.17, 15) is 4.79 Å². The summed E-state index contributed by atoms with van der Waals surface area (Å²) in [5, 5.41) is 1.71. The van der Waals surface area contributed by atoms with Gasteiger partial charge >= 0.3 is 0 Å². The molecule has 0 aliphatic carbocycles. The largest absolute Gasteiger partial charge is 0.369 e. The molecule has 0 saturated carbocycles. The van der Waals surface area contributed by atoms with Gasteiger partial charge < -0.3 is 5.73 Å². The maximum atomic E-state index is 15.1. The molecule has 0 spiro atoms. The average molecular weight is 356 g/mol. The lowest BCUT2D eigenvalue weighted by atomic mass is 9.93. The van der Waals surface area contributed by atoms with Gasteiger partial charge in [0.25, 0.3) is 0 Å². The van der Waals surface area contributed by atoms with E-state index in [0.717, 1.165) is 5.56 Å². The van der Waals surface area contributed by atoms with Crippen molar-refractivity contribution >= 4 is 23.2 Å². The highest BCUT2D eigenvalue weighted by Gasteiger charge is 2.39. The molecule has 5 nitrogen and oxygen atoms in total. The molecule has 128 valence electrons. The summed E-state index contributed by atoms with van der Waals surface area (Å²) in [7, 11) is 1.56. The predicted octanol–water partition coefficient (Wildman–Crippen LogP) is 2.71. The Kier molecular flexibility index (Phi) is 4.31. The predicted molar refractivity (Wildman–Crippen MR) is 96.4 cm³/mol. The average Bonchev–Trinajstić information content (AvgIpc) is 2.95. The van der Waals surface area contributed by atoms with Crippen LogP contribution in [0.5, 0.6) is 0 Å². The van der Waals surface area contributed by atoms with Crippen LogP contribution in [-0.4, -0.2) is 28.8 Å². The molecule has 0 fully saturated rings. The van der Waals surface area contributed by atoms with Crippen molar-refractivity contribution in [3.8, 4) is 23.0 Å². The van der Waals surface area contributed by atoms with E-state index in [2.05, 4.69) is 21.8 Å². The second kappa shape index (κ2) is 6.30. The van der Waals surface area contributed by atoms with Gasteiger partial charge in [0.05, 0.1) is 11.3 Å². The highest BCUT2D eigenvalue weighted by Crippen LogP contribution is 2.41. The summed E-state index contributed by atoms with van der Waals surface area (Å²) in [4.78, 5) is 22.3. The third kappa shape index (κ3) is 3.01. The molecule has 2 N–H and O–H groups in total. The molecule has 1 aliphatic heterocycles. The van der Waals surface area contributed by atoms with Gasteiger partial charge in [-0.2, -0.15) is 0 Å². The molecule has 0 aromatic carbocycles. The van der Waals surface area contributed by atoms with Gasteiger partial charge in [0.15, 0.2) is 5.96 Å². The van der Waals surface area contributed by atoms with E-state index in [1.54, 1.807) is 44.7 Å². The summed E-state index contributed by atoms with van der Waals surface area (Å²) in [6.07, 6.45) is 3.29. The number of nitrogens with zero attached hydrogens (tertiary/aromatic N) is 3. The molecular weight excluding hydrogens is 339 g/mol. The fourth-order valence-corrected chi connectivity index (χ4v) is 3.80. The van der Waals surface area contributed by atoms with Gasteiger partial charge in [0.1, 0.15) is 11.4 Å². The van der Waals surface area contributed by atoms with Gasteiger partial charge in [0, 0.05) is 41.5 Å². The van der Waals surface area contributed by atoms with Gasteiger partial charge in [-0.15, -0.1) is 17.3 Å². The van der Waals surface area contributed by atoms with Crippen LogP contribution in [0.3, 0.4) is 0 Å². The number of guanidine groups is 1. The fourth-order valence-electron chi connectivity index (χ4n) is 2.74. The monoisotopic (exact) mass is 356 g/mol. The van der Waals surface area contributed by atoms with Crippen LogP contribution in [0.25, 0.3) is 11.1 Å². The fraction of sp³-hybridized carbons (Fsp3) is 0.278. The lowest BCUT2D eigenvalue weighted by Crippen LogP contribution is -2.47. The molecule has 0 bridgehead atoms. The van der Waals surface area contributed by atoms with Crippen molar-refractivity contribution in [2.24, 2.45) is 10.7 Å². The number of nitrogens with two attached hydrogens (primary N) is 1. The SMILES string of the molecule is CC#Cc1cncc(-c2csc([C@]3(C)CC(=O)N(C)C(N)=N3)c2F)c1. The molecule has 1 amide bonds. The maximum absolute atomic E-state index is 15.1. The zero-order valence-corrected chi connectivity index (χ0v) is 14.9. The summed E-state index contributed by atoms with van der Waals surface area (Å²) in [5.41, 5.74) is 6.59. The number of thiophene rings is 1. The zero-order chi connectivity index (χ0) is 18.2. The van der Waals surface area contributed by atoms with E-state index in [-0.39, 0.29) is 18.3 Å². The third-order valence-corrected chi connectivity index (χ3v) is 5.32. The molecule has 1 atom stereocenters. The minimum Gasteiger partial charge on any atom is -0.369 e. The number of carbonyl (C=O) groups is 1. The topological polar surface area (TPSA) is 71.6 Å². The van der Waals surface area contributed by atoms with E-state index in [1.165, 1.54) is 16.2 Å². The van der Waals surface area contributed by atoms with E-state index in [1.807, 2.05) is 0 Å². The smallest absolute Gasteiger partial charge is 0.231 e.